The maximum Gasteiger partial charge on any atom is 0.220 e. The van der Waals surface area contributed by atoms with Gasteiger partial charge in [-0.3, -0.25) is 9.89 Å². The minimum Gasteiger partial charge on any atom is -0.379 e. The van der Waals surface area contributed by atoms with Crippen molar-refractivity contribution in [3.05, 3.63) is 52.6 Å². The summed E-state index contributed by atoms with van der Waals surface area (Å²) in [5.74, 6) is 1.77. The number of carbonyl (C=O) groups excluding carboxylic acids is 1. The van der Waals surface area contributed by atoms with Crippen molar-refractivity contribution in [1.82, 2.24) is 15.5 Å². The predicted molar refractivity (Wildman–Crippen MR) is 119 cm³/mol. The van der Waals surface area contributed by atoms with Gasteiger partial charge in [-0.05, 0) is 85.0 Å². The first kappa shape index (κ1) is 20.4. The van der Waals surface area contributed by atoms with E-state index in [0.717, 1.165) is 50.7 Å². The van der Waals surface area contributed by atoms with Crippen LogP contribution in [0.25, 0.3) is 0 Å². The van der Waals surface area contributed by atoms with Crippen molar-refractivity contribution in [2.24, 2.45) is 11.8 Å². The summed E-state index contributed by atoms with van der Waals surface area (Å²) in [6, 6.07) is 5.79. The third-order valence-corrected chi connectivity index (χ3v) is 8.99. The van der Waals surface area contributed by atoms with Gasteiger partial charge in [0, 0.05) is 24.6 Å². The maximum absolute atomic E-state index is 14.5. The molecule has 2 N–H and O–H groups in total. The molecule has 1 aromatic heterocycles. The SMILES string of the molecule is C[C@]12CCC3c4cccc(F)c4CCC3C1[C@H](CCC(=O)NC1CCOC1)c1c[nH]nc12. The first-order chi connectivity index (χ1) is 15.6. The number of fused-ring (bicyclic) bond motifs is 7. The second-order valence-electron chi connectivity index (χ2n) is 10.6. The number of nitrogens with one attached hydrogen (secondary N) is 2. The van der Waals surface area contributed by atoms with Crippen LogP contribution < -0.4 is 5.32 Å². The third-order valence-electron chi connectivity index (χ3n) is 8.99. The molecule has 1 saturated heterocycles. The minimum absolute atomic E-state index is 0.0295. The van der Waals surface area contributed by atoms with E-state index in [0.29, 0.717) is 36.7 Å². The van der Waals surface area contributed by atoms with E-state index in [1.165, 1.54) is 16.8 Å². The fraction of sp³-hybridized carbons (Fsp3) is 0.615. The fourth-order valence-corrected chi connectivity index (χ4v) is 7.64. The van der Waals surface area contributed by atoms with Crippen LogP contribution in [0.1, 0.15) is 79.7 Å². The van der Waals surface area contributed by atoms with Crippen LogP contribution in [0, 0.1) is 17.7 Å². The molecule has 5 nitrogen and oxygen atoms in total. The molecule has 1 amide bonds. The quantitative estimate of drug-likeness (QED) is 0.748. The van der Waals surface area contributed by atoms with Crippen molar-refractivity contribution >= 4 is 5.91 Å². The monoisotopic (exact) mass is 437 g/mol. The van der Waals surface area contributed by atoms with Gasteiger partial charge in [0.15, 0.2) is 0 Å². The zero-order valence-electron chi connectivity index (χ0n) is 18.7. The van der Waals surface area contributed by atoms with Crippen LogP contribution in [0.15, 0.2) is 24.4 Å². The predicted octanol–water partition coefficient (Wildman–Crippen LogP) is 4.35. The van der Waals surface area contributed by atoms with Crippen LogP contribution in [0.5, 0.6) is 0 Å². The van der Waals surface area contributed by atoms with Crippen molar-refractivity contribution in [3.8, 4) is 0 Å². The topological polar surface area (TPSA) is 67.0 Å². The van der Waals surface area contributed by atoms with Crippen LogP contribution in [-0.4, -0.2) is 35.4 Å². The average Bonchev–Trinajstić information content (AvgIpc) is 3.51. The highest BCUT2D eigenvalue weighted by atomic mass is 19.1. The van der Waals surface area contributed by atoms with Gasteiger partial charge in [-0.25, -0.2) is 4.39 Å². The number of rotatable bonds is 4. The van der Waals surface area contributed by atoms with Crippen LogP contribution in [0.2, 0.25) is 0 Å². The van der Waals surface area contributed by atoms with Crippen molar-refractivity contribution in [1.29, 1.82) is 0 Å². The number of benzene rings is 1. The van der Waals surface area contributed by atoms with Gasteiger partial charge in [0.05, 0.1) is 18.3 Å². The van der Waals surface area contributed by atoms with E-state index in [9.17, 15) is 9.18 Å². The molecule has 3 aliphatic carbocycles. The molecule has 1 saturated carbocycles. The summed E-state index contributed by atoms with van der Waals surface area (Å²) >= 11 is 0. The Morgan fingerprint density at radius 2 is 2.22 bits per heavy atom. The molecule has 1 aliphatic heterocycles. The second kappa shape index (κ2) is 7.68. The van der Waals surface area contributed by atoms with Crippen LogP contribution >= 0.6 is 0 Å². The Kier molecular flexibility index (Phi) is 4.90. The summed E-state index contributed by atoms with van der Waals surface area (Å²) in [6.07, 6.45) is 8.32. The summed E-state index contributed by atoms with van der Waals surface area (Å²) in [7, 11) is 0. The summed E-state index contributed by atoms with van der Waals surface area (Å²) < 4.78 is 19.9. The first-order valence-corrected chi connectivity index (χ1v) is 12.2. The molecule has 0 bridgehead atoms. The van der Waals surface area contributed by atoms with Gasteiger partial charge < -0.3 is 10.1 Å². The lowest BCUT2D eigenvalue weighted by atomic mass is 9.53. The summed E-state index contributed by atoms with van der Waals surface area (Å²) in [5.41, 5.74) is 4.71. The first-order valence-electron chi connectivity index (χ1n) is 12.2. The molecule has 0 spiro atoms. The van der Waals surface area contributed by atoms with E-state index in [1.54, 1.807) is 6.07 Å². The lowest BCUT2D eigenvalue weighted by molar-refractivity contribution is -0.122. The Balaban J connectivity index is 1.28. The van der Waals surface area contributed by atoms with Crippen molar-refractivity contribution in [2.45, 2.75) is 75.2 Å². The summed E-state index contributed by atoms with van der Waals surface area (Å²) in [4.78, 5) is 12.7. The largest absolute Gasteiger partial charge is 0.379 e. The zero-order valence-corrected chi connectivity index (χ0v) is 18.7. The summed E-state index contributed by atoms with van der Waals surface area (Å²) in [6.45, 7) is 3.74. The maximum atomic E-state index is 14.5. The van der Waals surface area contributed by atoms with Gasteiger partial charge in [0.2, 0.25) is 5.91 Å². The van der Waals surface area contributed by atoms with Gasteiger partial charge in [-0.2, -0.15) is 5.10 Å². The zero-order chi connectivity index (χ0) is 21.9. The Labute approximate surface area is 188 Å². The number of aromatic nitrogens is 2. The number of hydrogen-bond donors (Lipinski definition) is 2. The molecule has 2 aromatic rings. The number of halogens is 1. The molecule has 6 rings (SSSR count). The van der Waals surface area contributed by atoms with Crippen molar-refractivity contribution in [2.75, 3.05) is 13.2 Å². The number of hydrogen-bond acceptors (Lipinski definition) is 3. The number of amides is 1. The molecule has 32 heavy (non-hydrogen) atoms. The molecule has 0 radical (unpaired) electrons. The number of carbonyl (C=O) groups is 1. The van der Waals surface area contributed by atoms with Gasteiger partial charge in [-0.15, -0.1) is 0 Å². The van der Waals surface area contributed by atoms with Gasteiger partial charge in [0.25, 0.3) is 0 Å². The molecule has 1 aromatic carbocycles. The molecular weight excluding hydrogens is 405 g/mol. The molecule has 2 fully saturated rings. The van der Waals surface area contributed by atoms with E-state index in [1.807, 2.05) is 6.07 Å². The number of H-pyrrole nitrogens is 1. The van der Waals surface area contributed by atoms with Crippen molar-refractivity contribution < 1.29 is 13.9 Å². The highest BCUT2D eigenvalue weighted by molar-refractivity contribution is 5.76. The Hall–Kier alpha value is -2.21. The smallest absolute Gasteiger partial charge is 0.220 e. The van der Waals surface area contributed by atoms with E-state index in [2.05, 4.69) is 29.6 Å². The molecule has 170 valence electrons. The Morgan fingerprint density at radius 3 is 3.06 bits per heavy atom. The molecule has 6 atom stereocenters. The van der Waals surface area contributed by atoms with Crippen molar-refractivity contribution in [3.63, 3.8) is 0 Å². The molecule has 4 aliphatic rings. The molecule has 6 heteroatoms. The lowest BCUT2D eigenvalue weighted by Crippen LogP contribution is -2.45. The molecular formula is C26H32FN3O2. The normalized spacial score (nSPS) is 35.0. The lowest BCUT2D eigenvalue weighted by Gasteiger charge is -2.50. The van der Waals surface area contributed by atoms with Crippen LogP contribution in [0.4, 0.5) is 4.39 Å². The summed E-state index contributed by atoms with van der Waals surface area (Å²) in [5, 5.41) is 11.0. The van der Waals surface area contributed by atoms with Crippen LogP contribution in [-0.2, 0) is 21.4 Å². The van der Waals surface area contributed by atoms with Gasteiger partial charge in [0.1, 0.15) is 5.82 Å². The van der Waals surface area contributed by atoms with E-state index in [4.69, 9.17) is 9.84 Å². The number of ether oxygens (including phenoxy) is 1. The second-order valence-corrected chi connectivity index (χ2v) is 10.6. The highest BCUT2D eigenvalue weighted by Crippen LogP contribution is 2.64. The average molecular weight is 438 g/mol. The fourth-order valence-electron chi connectivity index (χ4n) is 7.64. The highest BCUT2D eigenvalue weighted by Gasteiger charge is 2.58. The molecule has 4 unspecified atom stereocenters. The number of aromatic amines is 1. The van der Waals surface area contributed by atoms with Crippen LogP contribution in [0.3, 0.4) is 0 Å². The van der Waals surface area contributed by atoms with Gasteiger partial charge >= 0.3 is 0 Å². The molecule has 2 heterocycles. The Morgan fingerprint density at radius 1 is 1.31 bits per heavy atom. The third kappa shape index (κ3) is 3.06. The minimum atomic E-state index is -0.0435. The van der Waals surface area contributed by atoms with Gasteiger partial charge in [-0.1, -0.05) is 19.1 Å². The Bertz CT molecular complexity index is 1030. The van der Waals surface area contributed by atoms with E-state index >= 15 is 0 Å². The van der Waals surface area contributed by atoms with E-state index in [-0.39, 0.29) is 23.2 Å². The standard InChI is InChI=1S/C26H32FN3O2/c1-26-11-9-17-16-3-2-4-22(27)18(16)5-6-19(17)24(26)20(21-13-28-30-25(21)26)7-8-23(31)29-15-10-12-32-14-15/h2-4,13,15,17,19-20,24H,5-12,14H2,1H3,(H,28,30)(H,29,31)/t15?,17?,19?,20-,24?,26+/m1/s1. The number of nitrogens with zero attached hydrogens (tertiary/aromatic N) is 1. The van der Waals surface area contributed by atoms with E-state index < -0.39 is 0 Å².